The maximum atomic E-state index is 9.33. The smallest absolute Gasteiger partial charge is 0.0549 e. The van der Waals surface area contributed by atoms with Crippen LogP contribution in [0.25, 0.3) is 0 Å². The second-order valence-corrected chi connectivity index (χ2v) is 3.98. The summed E-state index contributed by atoms with van der Waals surface area (Å²) in [6.07, 6.45) is 2.82. The molecule has 0 bridgehead atoms. The Morgan fingerprint density at radius 1 is 1.15 bits per heavy atom. The molecule has 0 rings (SSSR count). The van der Waals surface area contributed by atoms with Crippen LogP contribution >= 0.6 is 0 Å². The van der Waals surface area contributed by atoms with E-state index >= 15 is 0 Å². The first-order valence-electron chi connectivity index (χ1n) is 5.53. The fraction of sp³-hybridized carbons (Fsp3) is 1.00. The minimum Gasteiger partial charge on any atom is -0.393 e. The molecule has 3 unspecified atom stereocenters. The summed E-state index contributed by atoms with van der Waals surface area (Å²) in [5.74, 6) is 0.721. The molecule has 3 atom stereocenters. The third-order valence-electron chi connectivity index (χ3n) is 2.91. The molecule has 2 N–H and O–H groups in total. The van der Waals surface area contributed by atoms with Gasteiger partial charge in [-0.1, -0.05) is 27.2 Å². The maximum Gasteiger partial charge on any atom is 0.0549 e. The zero-order chi connectivity index (χ0) is 10.3. The molecule has 0 heterocycles. The molecular formula is C11H25NO. The zero-order valence-corrected chi connectivity index (χ0v) is 9.51. The summed E-state index contributed by atoms with van der Waals surface area (Å²) >= 11 is 0. The van der Waals surface area contributed by atoms with Gasteiger partial charge in [-0.2, -0.15) is 0 Å². The largest absolute Gasteiger partial charge is 0.393 e. The molecule has 0 aromatic heterocycles. The van der Waals surface area contributed by atoms with Crippen LogP contribution in [0.1, 0.15) is 47.0 Å². The van der Waals surface area contributed by atoms with Crippen LogP contribution in [0.4, 0.5) is 0 Å². The average molecular weight is 187 g/mol. The van der Waals surface area contributed by atoms with Gasteiger partial charge in [0.1, 0.15) is 0 Å². The molecular weight excluding hydrogens is 162 g/mol. The number of hydrogen-bond acceptors (Lipinski definition) is 2. The van der Waals surface area contributed by atoms with E-state index in [2.05, 4.69) is 26.1 Å². The van der Waals surface area contributed by atoms with Gasteiger partial charge in [0.2, 0.25) is 0 Å². The maximum absolute atomic E-state index is 9.33. The minimum atomic E-state index is -0.128. The quantitative estimate of drug-likeness (QED) is 0.640. The molecule has 0 amide bonds. The highest BCUT2D eigenvalue weighted by molar-refractivity contribution is 4.67. The minimum absolute atomic E-state index is 0.128. The van der Waals surface area contributed by atoms with E-state index in [4.69, 9.17) is 0 Å². The Kier molecular flexibility index (Phi) is 7.29. The molecule has 0 aliphatic carbocycles. The van der Waals surface area contributed by atoms with Crippen molar-refractivity contribution in [1.29, 1.82) is 0 Å². The first kappa shape index (κ1) is 12.9. The van der Waals surface area contributed by atoms with Gasteiger partial charge in [-0.05, 0) is 32.2 Å². The monoisotopic (exact) mass is 187 g/mol. The highest BCUT2D eigenvalue weighted by Gasteiger charge is 2.09. The Morgan fingerprint density at radius 3 is 2.23 bits per heavy atom. The van der Waals surface area contributed by atoms with Crippen LogP contribution in [0.5, 0.6) is 0 Å². The lowest BCUT2D eigenvalue weighted by atomic mass is 10.0. The van der Waals surface area contributed by atoms with E-state index in [1.54, 1.807) is 0 Å². The Balaban J connectivity index is 3.41. The van der Waals surface area contributed by atoms with Gasteiger partial charge in [0.25, 0.3) is 0 Å². The Hall–Kier alpha value is -0.0800. The van der Waals surface area contributed by atoms with Gasteiger partial charge in [-0.3, -0.25) is 0 Å². The van der Waals surface area contributed by atoms with E-state index < -0.39 is 0 Å². The van der Waals surface area contributed by atoms with Crippen LogP contribution in [0.3, 0.4) is 0 Å². The molecule has 0 aliphatic rings. The summed E-state index contributed by atoms with van der Waals surface area (Å²) < 4.78 is 0. The van der Waals surface area contributed by atoms with Crippen molar-refractivity contribution in [3.63, 3.8) is 0 Å². The highest BCUT2D eigenvalue weighted by Crippen LogP contribution is 2.06. The van der Waals surface area contributed by atoms with Crippen molar-refractivity contribution in [2.45, 2.75) is 59.1 Å². The van der Waals surface area contributed by atoms with Gasteiger partial charge in [0.15, 0.2) is 0 Å². The van der Waals surface area contributed by atoms with Crippen LogP contribution in [0.15, 0.2) is 0 Å². The van der Waals surface area contributed by atoms with Crippen LogP contribution in [0.2, 0.25) is 0 Å². The summed E-state index contributed by atoms with van der Waals surface area (Å²) in [5.41, 5.74) is 0. The van der Waals surface area contributed by atoms with Crippen LogP contribution in [0, 0.1) is 5.92 Å². The van der Waals surface area contributed by atoms with E-state index in [-0.39, 0.29) is 6.10 Å². The van der Waals surface area contributed by atoms with Crippen molar-refractivity contribution < 1.29 is 5.11 Å². The summed E-state index contributed by atoms with van der Waals surface area (Å²) in [5, 5.41) is 12.8. The molecule has 0 spiro atoms. The molecule has 0 fully saturated rings. The van der Waals surface area contributed by atoms with E-state index in [9.17, 15) is 5.11 Å². The van der Waals surface area contributed by atoms with Gasteiger partial charge in [0.05, 0.1) is 6.10 Å². The normalized spacial score (nSPS) is 18.2. The Morgan fingerprint density at radius 2 is 1.77 bits per heavy atom. The third kappa shape index (κ3) is 6.05. The van der Waals surface area contributed by atoms with Crippen LogP contribution < -0.4 is 5.32 Å². The van der Waals surface area contributed by atoms with Gasteiger partial charge in [0, 0.05) is 6.04 Å². The number of nitrogens with one attached hydrogen (secondary N) is 1. The number of aliphatic hydroxyl groups excluding tert-OH is 1. The van der Waals surface area contributed by atoms with Crippen LogP contribution in [-0.2, 0) is 0 Å². The lowest BCUT2D eigenvalue weighted by molar-refractivity contribution is 0.157. The molecule has 2 heteroatoms. The molecule has 0 aliphatic heterocycles. The summed E-state index contributed by atoms with van der Waals surface area (Å²) in [6.45, 7) is 9.63. The zero-order valence-electron chi connectivity index (χ0n) is 9.51. The number of hydrogen-bond donors (Lipinski definition) is 2. The summed E-state index contributed by atoms with van der Waals surface area (Å²) in [7, 11) is 0. The molecule has 13 heavy (non-hydrogen) atoms. The van der Waals surface area contributed by atoms with Gasteiger partial charge in [-0.25, -0.2) is 0 Å². The molecule has 0 radical (unpaired) electrons. The summed E-state index contributed by atoms with van der Waals surface area (Å²) in [6, 6.07) is 0.564. The lowest BCUT2D eigenvalue weighted by Gasteiger charge is -2.20. The molecule has 2 nitrogen and oxygen atoms in total. The van der Waals surface area contributed by atoms with Crippen molar-refractivity contribution >= 4 is 0 Å². The Labute approximate surface area is 82.7 Å². The standard InChI is InChI=1S/C11H25NO/c1-5-9(3)10(4)12-8-7-11(13)6-2/h9-13H,5-8H2,1-4H3. The molecule has 0 saturated heterocycles. The first-order valence-corrected chi connectivity index (χ1v) is 5.53. The van der Waals surface area contributed by atoms with Crippen molar-refractivity contribution in [2.24, 2.45) is 5.92 Å². The van der Waals surface area contributed by atoms with E-state index in [0.717, 1.165) is 25.3 Å². The van der Waals surface area contributed by atoms with Crippen molar-refractivity contribution in [3.05, 3.63) is 0 Å². The molecule has 0 saturated carbocycles. The first-order chi connectivity index (χ1) is 6.11. The van der Waals surface area contributed by atoms with Crippen molar-refractivity contribution in [1.82, 2.24) is 5.32 Å². The van der Waals surface area contributed by atoms with E-state index in [0.29, 0.717) is 6.04 Å². The SMILES string of the molecule is CCC(O)CCNC(C)C(C)CC. The van der Waals surface area contributed by atoms with Gasteiger partial charge >= 0.3 is 0 Å². The van der Waals surface area contributed by atoms with E-state index in [1.165, 1.54) is 6.42 Å². The van der Waals surface area contributed by atoms with Gasteiger partial charge < -0.3 is 10.4 Å². The third-order valence-corrected chi connectivity index (χ3v) is 2.91. The topological polar surface area (TPSA) is 32.3 Å². The predicted octanol–water partition coefficient (Wildman–Crippen LogP) is 2.17. The number of rotatable bonds is 7. The van der Waals surface area contributed by atoms with E-state index in [1.807, 2.05) is 6.92 Å². The lowest BCUT2D eigenvalue weighted by Crippen LogP contribution is -2.33. The average Bonchev–Trinajstić information content (AvgIpc) is 2.15. The number of aliphatic hydroxyl groups is 1. The second-order valence-electron chi connectivity index (χ2n) is 3.98. The predicted molar refractivity (Wildman–Crippen MR) is 57.8 cm³/mol. The second kappa shape index (κ2) is 7.34. The summed E-state index contributed by atoms with van der Waals surface area (Å²) in [4.78, 5) is 0. The fourth-order valence-electron chi connectivity index (χ4n) is 1.24. The van der Waals surface area contributed by atoms with Crippen molar-refractivity contribution in [3.8, 4) is 0 Å². The molecule has 80 valence electrons. The van der Waals surface area contributed by atoms with Crippen LogP contribution in [-0.4, -0.2) is 23.8 Å². The molecule has 0 aromatic rings. The molecule has 0 aromatic carbocycles. The highest BCUT2D eigenvalue weighted by atomic mass is 16.3. The van der Waals surface area contributed by atoms with Gasteiger partial charge in [-0.15, -0.1) is 0 Å². The Bertz CT molecular complexity index is 117. The van der Waals surface area contributed by atoms with Crippen molar-refractivity contribution in [2.75, 3.05) is 6.54 Å². The fourth-order valence-corrected chi connectivity index (χ4v) is 1.24.